The zero-order valence-electron chi connectivity index (χ0n) is 7.19. The summed E-state index contributed by atoms with van der Waals surface area (Å²) in [6.45, 7) is 8.54. The van der Waals surface area contributed by atoms with Crippen LogP contribution in [0.2, 0.25) is 0 Å². The second-order valence-corrected chi connectivity index (χ2v) is 3.82. The van der Waals surface area contributed by atoms with Gasteiger partial charge in [0.1, 0.15) is 0 Å². The molecule has 0 nitrogen and oxygen atoms in total. The molecule has 0 spiro atoms. The number of rotatable bonds is 1. The minimum absolute atomic E-state index is 0.837. The summed E-state index contributed by atoms with van der Waals surface area (Å²) in [7, 11) is 0. The topological polar surface area (TPSA) is 0 Å². The monoisotopic (exact) mass is 138 g/mol. The Bertz CT molecular complexity index is 124. The maximum absolute atomic E-state index is 4.01. The van der Waals surface area contributed by atoms with Crippen LogP contribution in [0.25, 0.3) is 0 Å². The molecule has 1 aliphatic carbocycles. The molecule has 0 N–H and O–H groups in total. The van der Waals surface area contributed by atoms with Gasteiger partial charge in [-0.1, -0.05) is 31.9 Å². The van der Waals surface area contributed by atoms with Crippen molar-refractivity contribution in [2.75, 3.05) is 0 Å². The highest BCUT2D eigenvalue weighted by Gasteiger charge is 2.18. The summed E-state index contributed by atoms with van der Waals surface area (Å²) in [6, 6.07) is 0. The molecule has 0 aromatic carbocycles. The minimum atomic E-state index is 0.837. The van der Waals surface area contributed by atoms with Gasteiger partial charge in [-0.3, -0.25) is 0 Å². The largest absolute Gasteiger partial charge is 0.0999 e. The van der Waals surface area contributed by atoms with Crippen LogP contribution in [0.4, 0.5) is 0 Å². The van der Waals surface area contributed by atoms with Gasteiger partial charge in [-0.05, 0) is 31.6 Å². The van der Waals surface area contributed by atoms with Gasteiger partial charge in [0.2, 0.25) is 0 Å². The van der Waals surface area contributed by atoms with Crippen LogP contribution in [0.1, 0.15) is 39.5 Å². The number of hydrogen-bond donors (Lipinski definition) is 0. The second-order valence-electron chi connectivity index (χ2n) is 3.82. The SMILES string of the molecule is C=C(C)[C@@H]1CCC[C@@H](C)C1. The smallest absolute Gasteiger partial charge is 0.0206 e. The van der Waals surface area contributed by atoms with Gasteiger partial charge in [0, 0.05) is 0 Å². The average molecular weight is 138 g/mol. The van der Waals surface area contributed by atoms with Crippen LogP contribution < -0.4 is 0 Å². The summed E-state index contributed by atoms with van der Waals surface area (Å²) in [4.78, 5) is 0. The van der Waals surface area contributed by atoms with E-state index in [0.29, 0.717) is 0 Å². The first-order valence-corrected chi connectivity index (χ1v) is 4.35. The van der Waals surface area contributed by atoms with Crippen LogP contribution in [0.15, 0.2) is 12.2 Å². The van der Waals surface area contributed by atoms with Crippen molar-refractivity contribution in [2.45, 2.75) is 39.5 Å². The third-order valence-electron chi connectivity index (χ3n) is 2.63. The van der Waals surface area contributed by atoms with Crippen molar-refractivity contribution in [2.24, 2.45) is 11.8 Å². The molecule has 0 heteroatoms. The van der Waals surface area contributed by atoms with Crippen LogP contribution >= 0.6 is 0 Å². The molecule has 1 saturated carbocycles. The first-order valence-electron chi connectivity index (χ1n) is 4.35. The zero-order chi connectivity index (χ0) is 7.56. The molecule has 0 heterocycles. The molecule has 0 aromatic heterocycles. The van der Waals surface area contributed by atoms with Crippen molar-refractivity contribution in [3.8, 4) is 0 Å². The molecule has 10 heavy (non-hydrogen) atoms. The van der Waals surface area contributed by atoms with Gasteiger partial charge >= 0.3 is 0 Å². The van der Waals surface area contributed by atoms with Crippen molar-refractivity contribution in [3.05, 3.63) is 12.2 Å². The molecule has 58 valence electrons. The molecule has 0 aliphatic heterocycles. The molecule has 0 radical (unpaired) electrons. The van der Waals surface area contributed by atoms with E-state index in [2.05, 4.69) is 20.4 Å². The van der Waals surface area contributed by atoms with Crippen molar-refractivity contribution in [1.29, 1.82) is 0 Å². The normalized spacial score (nSPS) is 33.8. The molecule has 0 aromatic rings. The number of allylic oxidation sites excluding steroid dienone is 1. The Morgan fingerprint density at radius 1 is 1.40 bits per heavy atom. The molecule has 0 amide bonds. The van der Waals surface area contributed by atoms with Crippen molar-refractivity contribution >= 4 is 0 Å². The van der Waals surface area contributed by atoms with Gasteiger partial charge in [-0.25, -0.2) is 0 Å². The second kappa shape index (κ2) is 3.23. The van der Waals surface area contributed by atoms with E-state index in [-0.39, 0.29) is 0 Å². The van der Waals surface area contributed by atoms with Crippen molar-refractivity contribution < 1.29 is 0 Å². The van der Waals surface area contributed by atoms with E-state index in [4.69, 9.17) is 0 Å². The van der Waals surface area contributed by atoms with E-state index >= 15 is 0 Å². The summed E-state index contributed by atoms with van der Waals surface area (Å²) in [6.07, 6.45) is 5.62. The van der Waals surface area contributed by atoms with Crippen LogP contribution in [-0.4, -0.2) is 0 Å². The summed E-state index contributed by atoms with van der Waals surface area (Å²) >= 11 is 0. The van der Waals surface area contributed by atoms with Crippen LogP contribution in [0.5, 0.6) is 0 Å². The minimum Gasteiger partial charge on any atom is -0.0999 e. The number of hydrogen-bond acceptors (Lipinski definition) is 0. The lowest BCUT2D eigenvalue weighted by molar-refractivity contribution is 0.315. The molecule has 1 fully saturated rings. The fraction of sp³-hybridized carbons (Fsp3) is 0.800. The lowest BCUT2D eigenvalue weighted by atomic mass is 9.79. The Morgan fingerprint density at radius 2 is 2.10 bits per heavy atom. The summed E-state index contributed by atoms with van der Waals surface area (Å²) in [5.74, 6) is 1.78. The Labute approximate surface area is 64.3 Å². The van der Waals surface area contributed by atoms with E-state index in [1.54, 1.807) is 0 Å². The maximum Gasteiger partial charge on any atom is -0.0206 e. The molecule has 1 aliphatic rings. The Kier molecular flexibility index (Phi) is 2.53. The molecule has 0 saturated heterocycles. The molecular weight excluding hydrogens is 120 g/mol. The average Bonchev–Trinajstić information content (AvgIpc) is 1.88. The first kappa shape index (κ1) is 7.84. The van der Waals surface area contributed by atoms with Gasteiger partial charge in [0.05, 0.1) is 0 Å². The van der Waals surface area contributed by atoms with Crippen molar-refractivity contribution in [3.63, 3.8) is 0 Å². The summed E-state index contributed by atoms with van der Waals surface area (Å²) < 4.78 is 0. The Morgan fingerprint density at radius 3 is 2.50 bits per heavy atom. The highest BCUT2D eigenvalue weighted by molar-refractivity contribution is 4.97. The Balaban J connectivity index is 2.39. The van der Waals surface area contributed by atoms with E-state index in [9.17, 15) is 0 Å². The highest BCUT2D eigenvalue weighted by atomic mass is 14.2. The van der Waals surface area contributed by atoms with Gasteiger partial charge < -0.3 is 0 Å². The third kappa shape index (κ3) is 1.86. The molecule has 0 bridgehead atoms. The fourth-order valence-electron chi connectivity index (χ4n) is 1.88. The quantitative estimate of drug-likeness (QED) is 0.487. The van der Waals surface area contributed by atoms with E-state index < -0.39 is 0 Å². The molecule has 2 atom stereocenters. The van der Waals surface area contributed by atoms with Crippen LogP contribution in [0.3, 0.4) is 0 Å². The predicted octanol–water partition coefficient (Wildman–Crippen LogP) is 3.39. The third-order valence-corrected chi connectivity index (χ3v) is 2.63. The molecule has 0 unspecified atom stereocenters. The van der Waals surface area contributed by atoms with Gasteiger partial charge in [-0.2, -0.15) is 0 Å². The standard InChI is InChI=1S/C10H18/c1-8(2)10-6-4-5-9(3)7-10/h9-10H,1,4-7H2,2-3H3/t9-,10-/m1/s1. The van der Waals surface area contributed by atoms with Crippen LogP contribution in [0, 0.1) is 11.8 Å². The first-order chi connectivity index (χ1) is 4.70. The molecular formula is C10H18. The zero-order valence-corrected chi connectivity index (χ0v) is 7.19. The Hall–Kier alpha value is -0.260. The highest BCUT2D eigenvalue weighted by Crippen LogP contribution is 2.32. The van der Waals surface area contributed by atoms with Gasteiger partial charge in [0.25, 0.3) is 0 Å². The van der Waals surface area contributed by atoms with Crippen molar-refractivity contribution in [1.82, 2.24) is 0 Å². The van der Waals surface area contributed by atoms with E-state index in [1.165, 1.54) is 31.3 Å². The summed E-state index contributed by atoms with van der Waals surface area (Å²) in [5, 5.41) is 0. The van der Waals surface area contributed by atoms with E-state index in [0.717, 1.165) is 11.8 Å². The summed E-state index contributed by atoms with van der Waals surface area (Å²) in [5.41, 5.74) is 1.39. The molecule has 1 rings (SSSR count). The maximum atomic E-state index is 4.01. The lowest BCUT2D eigenvalue weighted by Gasteiger charge is -2.26. The van der Waals surface area contributed by atoms with Crippen LogP contribution in [-0.2, 0) is 0 Å². The fourth-order valence-corrected chi connectivity index (χ4v) is 1.88. The van der Waals surface area contributed by atoms with Gasteiger partial charge in [0.15, 0.2) is 0 Å². The predicted molar refractivity (Wildman–Crippen MR) is 45.9 cm³/mol. The van der Waals surface area contributed by atoms with Gasteiger partial charge in [-0.15, -0.1) is 0 Å². The van der Waals surface area contributed by atoms with E-state index in [1.807, 2.05) is 0 Å². The lowest BCUT2D eigenvalue weighted by Crippen LogP contribution is -2.13.